The Morgan fingerprint density at radius 2 is 2.28 bits per heavy atom. The minimum atomic E-state index is -0.373. The van der Waals surface area contributed by atoms with Gasteiger partial charge in [0, 0.05) is 23.8 Å². The molecule has 1 amide bonds. The first-order chi connectivity index (χ1) is 8.56. The molecule has 1 aliphatic heterocycles. The Balaban J connectivity index is 2.07. The van der Waals surface area contributed by atoms with Crippen LogP contribution in [0.2, 0.25) is 0 Å². The van der Waals surface area contributed by atoms with Crippen LogP contribution in [0.5, 0.6) is 0 Å². The molecular weight excluding hydrogens is 226 g/mol. The van der Waals surface area contributed by atoms with Gasteiger partial charge < -0.3 is 16.0 Å². The summed E-state index contributed by atoms with van der Waals surface area (Å²) in [5.41, 5.74) is 8.00. The number of carbonyl (C=O) groups excluding carboxylic acids is 1. The molecule has 4 nitrogen and oxygen atoms in total. The van der Waals surface area contributed by atoms with Crippen LogP contribution in [0.3, 0.4) is 0 Å². The summed E-state index contributed by atoms with van der Waals surface area (Å²) in [5, 5.41) is 3.55. The lowest BCUT2D eigenvalue weighted by molar-refractivity contribution is 0.1000. The molecule has 1 saturated heterocycles. The fourth-order valence-corrected chi connectivity index (χ4v) is 2.48. The summed E-state index contributed by atoms with van der Waals surface area (Å²) in [6.45, 7) is 4.25. The minimum absolute atomic E-state index is 0.373. The molecule has 1 unspecified atom stereocenters. The van der Waals surface area contributed by atoms with Crippen molar-refractivity contribution in [2.24, 2.45) is 5.73 Å². The zero-order valence-electron chi connectivity index (χ0n) is 11.1. The van der Waals surface area contributed by atoms with Gasteiger partial charge in [0.15, 0.2) is 0 Å². The third-order valence-electron chi connectivity index (χ3n) is 3.50. The third-order valence-corrected chi connectivity index (χ3v) is 3.50. The third kappa shape index (κ3) is 3.01. The van der Waals surface area contributed by atoms with E-state index in [1.807, 2.05) is 19.1 Å². The second-order valence-corrected chi connectivity index (χ2v) is 5.14. The number of likely N-dealkylation sites (tertiary alicyclic amines) is 1. The van der Waals surface area contributed by atoms with Crippen LogP contribution in [0, 0.1) is 6.92 Å². The predicted molar refractivity (Wildman–Crippen MR) is 73.8 cm³/mol. The highest BCUT2D eigenvalue weighted by Crippen LogP contribution is 2.20. The number of aryl methyl sites for hydroxylation is 1. The average molecular weight is 247 g/mol. The van der Waals surface area contributed by atoms with Crippen molar-refractivity contribution < 1.29 is 4.79 Å². The molecule has 0 radical (unpaired) electrons. The van der Waals surface area contributed by atoms with Crippen LogP contribution < -0.4 is 11.1 Å². The zero-order chi connectivity index (χ0) is 13.1. The maximum atomic E-state index is 11.1. The highest BCUT2D eigenvalue weighted by Gasteiger charge is 2.17. The van der Waals surface area contributed by atoms with Gasteiger partial charge in [0.2, 0.25) is 5.91 Å². The minimum Gasteiger partial charge on any atom is -0.381 e. The Hall–Kier alpha value is -1.55. The Morgan fingerprint density at radius 1 is 1.50 bits per heavy atom. The summed E-state index contributed by atoms with van der Waals surface area (Å²) in [5.74, 6) is -0.373. The van der Waals surface area contributed by atoms with Crippen molar-refractivity contribution in [2.75, 3.05) is 25.5 Å². The number of nitrogens with two attached hydrogens (primary N) is 1. The van der Waals surface area contributed by atoms with Crippen LogP contribution in [0.25, 0.3) is 0 Å². The second kappa shape index (κ2) is 5.40. The SMILES string of the molecule is Cc1cc(C(N)=O)ccc1NC1CCCN(C)C1. The van der Waals surface area contributed by atoms with Gasteiger partial charge in [0.05, 0.1) is 0 Å². The molecule has 1 heterocycles. The Kier molecular flexibility index (Phi) is 3.87. The lowest BCUT2D eigenvalue weighted by Crippen LogP contribution is -2.39. The normalized spacial score (nSPS) is 20.7. The largest absolute Gasteiger partial charge is 0.381 e. The number of likely N-dealkylation sites (N-methyl/N-ethyl adjacent to an activating group) is 1. The maximum Gasteiger partial charge on any atom is 0.248 e. The van der Waals surface area contributed by atoms with E-state index in [4.69, 9.17) is 5.73 Å². The highest BCUT2D eigenvalue weighted by atomic mass is 16.1. The summed E-state index contributed by atoms with van der Waals surface area (Å²) in [6, 6.07) is 6.06. The molecule has 1 aromatic carbocycles. The molecule has 1 aromatic rings. The van der Waals surface area contributed by atoms with E-state index in [9.17, 15) is 4.79 Å². The van der Waals surface area contributed by atoms with E-state index in [0.29, 0.717) is 11.6 Å². The van der Waals surface area contributed by atoms with Gasteiger partial charge in [-0.2, -0.15) is 0 Å². The van der Waals surface area contributed by atoms with Crippen molar-refractivity contribution in [3.63, 3.8) is 0 Å². The molecule has 0 bridgehead atoms. The summed E-state index contributed by atoms with van der Waals surface area (Å²) in [4.78, 5) is 13.4. The number of piperidine rings is 1. The van der Waals surface area contributed by atoms with E-state index in [1.54, 1.807) is 6.07 Å². The van der Waals surface area contributed by atoms with Gasteiger partial charge in [0.25, 0.3) is 0 Å². The van der Waals surface area contributed by atoms with E-state index in [1.165, 1.54) is 19.4 Å². The quantitative estimate of drug-likeness (QED) is 0.853. The number of amides is 1. The first-order valence-corrected chi connectivity index (χ1v) is 6.42. The number of primary amides is 1. The molecule has 1 fully saturated rings. The standard InChI is InChI=1S/C14H21N3O/c1-10-8-11(14(15)18)5-6-13(10)16-12-4-3-7-17(2)9-12/h5-6,8,12,16H,3-4,7,9H2,1-2H3,(H2,15,18). The van der Waals surface area contributed by atoms with Crippen molar-refractivity contribution in [1.82, 2.24) is 4.90 Å². The molecule has 3 N–H and O–H groups in total. The van der Waals surface area contributed by atoms with Crippen molar-refractivity contribution in [3.05, 3.63) is 29.3 Å². The number of benzene rings is 1. The number of nitrogens with zero attached hydrogens (tertiary/aromatic N) is 1. The van der Waals surface area contributed by atoms with Crippen molar-refractivity contribution in [1.29, 1.82) is 0 Å². The molecule has 0 aliphatic carbocycles. The number of hydrogen-bond donors (Lipinski definition) is 2. The summed E-state index contributed by atoms with van der Waals surface area (Å²) >= 11 is 0. The van der Waals surface area contributed by atoms with Gasteiger partial charge in [-0.1, -0.05) is 0 Å². The zero-order valence-corrected chi connectivity index (χ0v) is 11.1. The molecule has 4 heteroatoms. The first-order valence-electron chi connectivity index (χ1n) is 6.42. The number of carbonyl (C=O) groups is 1. The summed E-state index contributed by atoms with van der Waals surface area (Å²) < 4.78 is 0. The van der Waals surface area contributed by atoms with Crippen LogP contribution in [-0.4, -0.2) is 37.0 Å². The van der Waals surface area contributed by atoms with Gasteiger partial charge in [0.1, 0.15) is 0 Å². The summed E-state index contributed by atoms with van der Waals surface area (Å²) in [7, 11) is 2.15. The van der Waals surface area contributed by atoms with Gasteiger partial charge in [-0.15, -0.1) is 0 Å². The number of anilines is 1. The maximum absolute atomic E-state index is 11.1. The van der Waals surface area contributed by atoms with E-state index < -0.39 is 0 Å². The van der Waals surface area contributed by atoms with Crippen LogP contribution >= 0.6 is 0 Å². The Bertz CT molecular complexity index is 445. The van der Waals surface area contributed by atoms with Crippen molar-refractivity contribution >= 4 is 11.6 Å². The average Bonchev–Trinajstić information content (AvgIpc) is 2.31. The number of rotatable bonds is 3. The first kappa shape index (κ1) is 12.9. The van der Waals surface area contributed by atoms with Gasteiger partial charge >= 0.3 is 0 Å². The number of nitrogens with one attached hydrogen (secondary N) is 1. The monoisotopic (exact) mass is 247 g/mol. The van der Waals surface area contributed by atoms with E-state index in [0.717, 1.165) is 17.8 Å². The van der Waals surface area contributed by atoms with Crippen LogP contribution in [0.1, 0.15) is 28.8 Å². The van der Waals surface area contributed by atoms with E-state index in [-0.39, 0.29) is 5.91 Å². The molecule has 1 atom stereocenters. The molecule has 18 heavy (non-hydrogen) atoms. The topological polar surface area (TPSA) is 58.4 Å². The molecule has 0 saturated carbocycles. The molecule has 0 aromatic heterocycles. The predicted octanol–water partition coefficient (Wildman–Crippen LogP) is 1.60. The van der Waals surface area contributed by atoms with E-state index in [2.05, 4.69) is 17.3 Å². The molecular formula is C14H21N3O. The second-order valence-electron chi connectivity index (χ2n) is 5.14. The molecule has 98 valence electrons. The Labute approximate surface area is 108 Å². The molecule has 1 aliphatic rings. The van der Waals surface area contributed by atoms with Crippen LogP contribution in [0.4, 0.5) is 5.69 Å². The highest BCUT2D eigenvalue weighted by molar-refractivity contribution is 5.93. The van der Waals surface area contributed by atoms with Gasteiger partial charge in [-0.3, -0.25) is 4.79 Å². The number of hydrogen-bond acceptors (Lipinski definition) is 3. The van der Waals surface area contributed by atoms with Crippen molar-refractivity contribution in [3.8, 4) is 0 Å². The fraction of sp³-hybridized carbons (Fsp3) is 0.500. The summed E-state index contributed by atoms with van der Waals surface area (Å²) in [6.07, 6.45) is 2.42. The fourth-order valence-electron chi connectivity index (χ4n) is 2.48. The van der Waals surface area contributed by atoms with Crippen molar-refractivity contribution in [2.45, 2.75) is 25.8 Å². The molecule has 0 spiro atoms. The lowest BCUT2D eigenvalue weighted by atomic mass is 10.0. The van der Waals surface area contributed by atoms with Gasteiger partial charge in [-0.25, -0.2) is 0 Å². The van der Waals surface area contributed by atoms with Gasteiger partial charge in [-0.05, 0) is 57.1 Å². The van der Waals surface area contributed by atoms with Crippen LogP contribution in [0.15, 0.2) is 18.2 Å². The lowest BCUT2D eigenvalue weighted by Gasteiger charge is -2.31. The van der Waals surface area contributed by atoms with Crippen LogP contribution in [-0.2, 0) is 0 Å². The Morgan fingerprint density at radius 3 is 2.89 bits per heavy atom. The smallest absolute Gasteiger partial charge is 0.248 e. The van der Waals surface area contributed by atoms with E-state index >= 15 is 0 Å². The molecule has 2 rings (SSSR count).